The van der Waals surface area contributed by atoms with E-state index in [1.807, 2.05) is 19.9 Å². The maximum atomic E-state index is 12.7. The molecule has 0 atom stereocenters. The predicted octanol–water partition coefficient (Wildman–Crippen LogP) is 1.86. The first kappa shape index (κ1) is 17.7. The topological polar surface area (TPSA) is 78.5 Å². The molecule has 1 saturated heterocycles. The summed E-state index contributed by atoms with van der Waals surface area (Å²) in [6, 6.07) is 6.92. The minimum Gasteiger partial charge on any atom is -0.336 e. The lowest BCUT2D eigenvalue weighted by molar-refractivity contribution is 0.225. The van der Waals surface area contributed by atoms with Gasteiger partial charge in [-0.25, -0.2) is 13.2 Å². The Kier molecular flexibility index (Phi) is 5.64. The second kappa shape index (κ2) is 7.31. The van der Waals surface area contributed by atoms with E-state index >= 15 is 0 Å². The van der Waals surface area contributed by atoms with Gasteiger partial charge in [0, 0.05) is 25.2 Å². The van der Waals surface area contributed by atoms with E-state index in [4.69, 9.17) is 0 Å². The Morgan fingerprint density at radius 2 is 1.83 bits per heavy atom. The summed E-state index contributed by atoms with van der Waals surface area (Å²) in [6.07, 6.45) is 1.24. The van der Waals surface area contributed by atoms with Gasteiger partial charge in [0.2, 0.25) is 10.0 Å². The van der Waals surface area contributed by atoms with E-state index in [2.05, 4.69) is 10.6 Å². The molecule has 128 valence electrons. The van der Waals surface area contributed by atoms with E-state index in [9.17, 15) is 13.2 Å². The van der Waals surface area contributed by atoms with E-state index in [0.29, 0.717) is 30.8 Å². The van der Waals surface area contributed by atoms with Crippen molar-refractivity contribution in [1.29, 1.82) is 0 Å². The van der Waals surface area contributed by atoms with E-state index in [1.165, 1.54) is 4.31 Å². The zero-order valence-electron chi connectivity index (χ0n) is 13.9. The number of nitrogens with zero attached hydrogens (tertiary/aromatic N) is 1. The Balaban J connectivity index is 1.96. The van der Waals surface area contributed by atoms with Crippen LogP contribution in [0.25, 0.3) is 0 Å². The molecule has 0 aliphatic carbocycles. The van der Waals surface area contributed by atoms with Crippen molar-refractivity contribution in [3.63, 3.8) is 0 Å². The largest absolute Gasteiger partial charge is 0.336 e. The molecule has 23 heavy (non-hydrogen) atoms. The van der Waals surface area contributed by atoms with Crippen LogP contribution in [0, 0.1) is 6.92 Å². The highest BCUT2D eigenvalue weighted by molar-refractivity contribution is 7.89. The molecule has 1 aliphatic rings. The van der Waals surface area contributed by atoms with Gasteiger partial charge in [-0.05, 0) is 45.2 Å². The zero-order chi connectivity index (χ0) is 17.0. The summed E-state index contributed by atoms with van der Waals surface area (Å²) in [5, 5.41) is 5.68. The van der Waals surface area contributed by atoms with Crippen LogP contribution in [-0.4, -0.2) is 43.9 Å². The van der Waals surface area contributed by atoms with Gasteiger partial charge in [-0.2, -0.15) is 4.31 Å². The lowest BCUT2D eigenvalue weighted by Gasteiger charge is -2.32. The maximum Gasteiger partial charge on any atom is 0.315 e. The number of rotatable bonds is 4. The second-order valence-electron chi connectivity index (χ2n) is 6.22. The lowest BCUT2D eigenvalue weighted by atomic mass is 10.1. The van der Waals surface area contributed by atoms with Crippen LogP contribution in [0.4, 0.5) is 4.79 Å². The Morgan fingerprint density at radius 1 is 1.22 bits per heavy atom. The molecule has 1 aromatic rings. The van der Waals surface area contributed by atoms with Gasteiger partial charge in [-0.15, -0.1) is 0 Å². The number of amides is 2. The first-order chi connectivity index (χ1) is 10.8. The third-order valence-electron chi connectivity index (χ3n) is 3.92. The number of aryl methyl sites for hydroxylation is 1. The predicted molar refractivity (Wildman–Crippen MR) is 89.8 cm³/mol. The highest BCUT2D eigenvalue weighted by Gasteiger charge is 2.30. The summed E-state index contributed by atoms with van der Waals surface area (Å²) in [5.74, 6) is 0. The fourth-order valence-corrected chi connectivity index (χ4v) is 4.41. The van der Waals surface area contributed by atoms with Gasteiger partial charge in [0.1, 0.15) is 0 Å². The van der Waals surface area contributed by atoms with E-state index < -0.39 is 10.0 Å². The van der Waals surface area contributed by atoms with Gasteiger partial charge in [-0.1, -0.05) is 18.2 Å². The zero-order valence-corrected chi connectivity index (χ0v) is 14.7. The third kappa shape index (κ3) is 4.45. The van der Waals surface area contributed by atoms with Gasteiger partial charge >= 0.3 is 6.03 Å². The first-order valence-corrected chi connectivity index (χ1v) is 9.37. The molecule has 2 rings (SSSR count). The highest BCUT2D eigenvalue weighted by atomic mass is 32.2. The number of urea groups is 1. The lowest BCUT2D eigenvalue weighted by Crippen LogP contribution is -2.50. The van der Waals surface area contributed by atoms with Crippen molar-refractivity contribution in [3.8, 4) is 0 Å². The number of carbonyl (C=O) groups excluding carboxylic acids is 1. The van der Waals surface area contributed by atoms with Gasteiger partial charge in [0.15, 0.2) is 0 Å². The van der Waals surface area contributed by atoms with Crippen molar-refractivity contribution in [2.24, 2.45) is 0 Å². The molecule has 1 aliphatic heterocycles. The molecule has 1 fully saturated rings. The molecule has 0 aromatic heterocycles. The standard InChI is InChI=1S/C16H25N3O3S/c1-12(2)17-16(20)18-14-8-10-19(11-9-14)23(21,22)15-7-5-4-6-13(15)3/h4-7,12,14H,8-11H2,1-3H3,(H2,17,18,20). The number of hydrogen-bond donors (Lipinski definition) is 2. The number of hydrogen-bond acceptors (Lipinski definition) is 3. The number of nitrogens with one attached hydrogen (secondary N) is 2. The quantitative estimate of drug-likeness (QED) is 0.879. The minimum absolute atomic E-state index is 0.0112. The van der Waals surface area contributed by atoms with Crippen LogP contribution in [0.5, 0.6) is 0 Å². The van der Waals surface area contributed by atoms with Gasteiger partial charge in [0.25, 0.3) is 0 Å². The highest BCUT2D eigenvalue weighted by Crippen LogP contribution is 2.23. The fourth-order valence-electron chi connectivity index (χ4n) is 2.71. The van der Waals surface area contributed by atoms with Crippen molar-refractivity contribution in [1.82, 2.24) is 14.9 Å². The molecule has 2 N–H and O–H groups in total. The normalized spacial score (nSPS) is 17.2. The molecule has 1 heterocycles. The SMILES string of the molecule is Cc1ccccc1S(=O)(=O)N1CCC(NC(=O)NC(C)C)CC1. The van der Waals surface area contributed by atoms with Crippen molar-refractivity contribution < 1.29 is 13.2 Å². The summed E-state index contributed by atoms with van der Waals surface area (Å²) in [5.41, 5.74) is 0.754. The van der Waals surface area contributed by atoms with Crippen LogP contribution in [0.2, 0.25) is 0 Å². The van der Waals surface area contributed by atoms with Crippen molar-refractivity contribution in [3.05, 3.63) is 29.8 Å². The van der Waals surface area contributed by atoms with Crippen LogP contribution < -0.4 is 10.6 Å². The monoisotopic (exact) mass is 339 g/mol. The Bertz CT molecular complexity index is 650. The molecule has 0 saturated carbocycles. The fraction of sp³-hybridized carbons (Fsp3) is 0.562. The van der Waals surface area contributed by atoms with Gasteiger partial charge in [-0.3, -0.25) is 0 Å². The Labute approximate surface area is 138 Å². The summed E-state index contributed by atoms with van der Waals surface area (Å²) in [6.45, 7) is 6.44. The van der Waals surface area contributed by atoms with Crippen LogP contribution >= 0.6 is 0 Å². The number of sulfonamides is 1. The van der Waals surface area contributed by atoms with Crippen molar-refractivity contribution in [2.75, 3.05) is 13.1 Å². The van der Waals surface area contributed by atoms with Crippen LogP contribution in [0.15, 0.2) is 29.2 Å². The molecule has 0 radical (unpaired) electrons. The van der Waals surface area contributed by atoms with Gasteiger partial charge in [0.05, 0.1) is 4.90 Å². The molecule has 1 aromatic carbocycles. The summed E-state index contributed by atoms with van der Waals surface area (Å²) >= 11 is 0. The molecule has 7 heteroatoms. The van der Waals surface area contributed by atoms with Crippen molar-refractivity contribution >= 4 is 16.1 Å². The first-order valence-electron chi connectivity index (χ1n) is 7.93. The molecule has 0 spiro atoms. The van der Waals surface area contributed by atoms with Gasteiger partial charge < -0.3 is 10.6 Å². The summed E-state index contributed by atoms with van der Waals surface area (Å²) < 4.78 is 26.9. The average Bonchev–Trinajstić information content (AvgIpc) is 2.47. The van der Waals surface area contributed by atoms with E-state index in [0.717, 1.165) is 5.56 Å². The summed E-state index contributed by atoms with van der Waals surface area (Å²) in [4.78, 5) is 12.1. The van der Waals surface area contributed by atoms with Crippen LogP contribution in [0.1, 0.15) is 32.3 Å². The molecule has 2 amide bonds. The van der Waals surface area contributed by atoms with E-state index in [-0.39, 0.29) is 18.1 Å². The Morgan fingerprint density at radius 3 is 2.39 bits per heavy atom. The smallest absolute Gasteiger partial charge is 0.315 e. The molecule has 6 nitrogen and oxygen atoms in total. The maximum absolute atomic E-state index is 12.7. The molecular weight excluding hydrogens is 314 g/mol. The number of carbonyl (C=O) groups is 1. The molecular formula is C16H25N3O3S. The minimum atomic E-state index is -3.46. The van der Waals surface area contributed by atoms with E-state index in [1.54, 1.807) is 25.1 Å². The van der Waals surface area contributed by atoms with Crippen LogP contribution in [-0.2, 0) is 10.0 Å². The molecule has 0 unspecified atom stereocenters. The van der Waals surface area contributed by atoms with Crippen molar-refractivity contribution in [2.45, 2.75) is 50.6 Å². The number of piperidine rings is 1. The third-order valence-corrected chi connectivity index (χ3v) is 5.98. The summed E-state index contributed by atoms with van der Waals surface area (Å²) in [7, 11) is -3.46. The second-order valence-corrected chi connectivity index (χ2v) is 8.12. The van der Waals surface area contributed by atoms with Crippen LogP contribution in [0.3, 0.4) is 0 Å². The average molecular weight is 339 g/mol. The number of benzene rings is 1. The molecule has 0 bridgehead atoms. The Hall–Kier alpha value is -1.60.